The van der Waals surface area contributed by atoms with Gasteiger partial charge in [-0.2, -0.15) is 0 Å². The molecular formula is C9H9F2NO2. The largest absolute Gasteiger partial charge is 0.478 e. The van der Waals surface area contributed by atoms with E-state index in [2.05, 4.69) is 0 Å². The fourth-order valence-electron chi connectivity index (χ4n) is 1.10. The molecule has 3 N–H and O–H groups in total. The number of carboxylic acid groups (broad SMARTS) is 1. The second-order valence-electron chi connectivity index (χ2n) is 2.74. The van der Waals surface area contributed by atoms with Crippen LogP contribution < -0.4 is 5.73 Å². The van der Waals surface area contributed by atoms with E-state index in [0.717, 1.165) is 6.07 Å². The molecule has 0 aliphatic carbocycles. The van der Waals surface area contributed by atoms with Crippen molar-refractivity contribution in [1.82, 2.24) is 0 Å². The number of benzene rings is 1. The standard InChI is InChI=1S/C9H9F2NO2/c10-7-5(3-4-12)1-2-6(8(7)11)9(13)14/h1-2H,3-4,12H2,(H,13,14). The summed E-state index contributed by atoms with van der Waals surface area (Å²) in [5.41, 5.74) is 4.60. The summed E-state index contributed by atoms with van der Waals surface area (Å²) in [4.78, 5) is 10.4. The van der Waals surface area contributed by atoms with Gasteiger partial charge >= 0.3 is 5.97 Å². The number of rotatable bonds is 3. The molecule has 0 fully saturated rings. The van der Waals surface area contributed by atoms with Crippen LogP contribution in [0.25, 0.3) is 0 Å². The lowest BCUT2D eigenvalue weighted by Crippen LogP contribution is -2.09. The molecule has 1 rings (SSSR count). The van der Waals surface area contributed by atoms with Crippen LogP contribution in [0.5, 0.6) is 0 Å². The first-order valence-corrected chi connectivity index (χ1v) is 3.98. The van der Waals surface area contributed by atoms with Crippen molar-refractivity contribution < 1.29 is 18.7 Å². The summed E-state index contributed by atoms with van der Waals surface area (Å²) in [6, 6.07) is 2.26. The van der Waals surface area contributed by atoms with E-state index in [1.54, 1.807) is 0 Å². The first kappa shape index (κ1) is 10.6. The Labute approximate surface area is 79.2 Å². The number of halogens is 2. The summed E-state index contributed by atoms with van der Waals surface area (Å²) >= 11 is 0. The molecule has 0 saturated carbocycles. The average molecular weight is 201 g/mol. The van der Waals surface area contributed by atoms with Crippen LogP contribution in [0.2, 0.25) is 0 Å². The van der Waals surface area contributed by atoms with Crippen LogP contribution >= 0.6 is 0 Å². The van der Waals surface area contributed by atoms with Gasteiger partial charge in [0, 0.05) is 0 Å². The molecule has 0 aliphatic rings. The Bertz CT molecular complexity index is 366. The lowest BCUT2D eigenvalue weighted by molar-refractivity contribution is 0.0690. The molecule has 0 spiro atoms. The number of carboxylic acids is 1. The van der Waals surface area contributed by atoms with Gasteiger partial charge in [-0.15, -0.1) is 0 Å². The Balaban J connectivity index is 3.19. The van der Waals surface area contributed by atoms with Crippen molar-refractivity contribution in [3.05, 3.63) is 34.9 Å². The highest BCUT2D eigenvalue weighted by Gasteiger charge is 2.17. The fourth-order valence-corrected chi connectivity index (χ4v) is 1.10. The van der Waals surface area contributed by atoms with Crippen LogP contribution in [-0.2, 0) is 6.42 Å². The molecule has 0 aliphatic heterocycles. The molecule has 0 amide bonds. The minimum atomic E-state index is -1.49. The zero-order valence-electron chi connectivity index (χ0n) is 7.26. The fraction of sp³-hybridized carbons (Fsp3) is 0.222. The van der Waals surface area contributed by atoms with Gasteiger partial charge in [0.05, 0.1) is 5.56 Å². The van der Waals surface area contributed by atoms with Crippen molar-refractivity contribution in [2.45, 2.75) is 6.42 Å². The first-order chi connectivity index (χ1) is 6.57. The molecule has 0 bridgehead atoms. The lowest BCUT2D eigenvalue weighted by atomic mass is 10.1. The molecule has 0 unspecified atom stereocenters. The lowest BCUT2D eigenvalue weighted by Gasteiger charge is -2.04. The normalized spacial score (nSPS) is 10.2. The van der Waals surface area contributed by atoms with Crippen LogP contribution in [0.3, 0.4) is 0 Å². The van der Waals surface area contributed by atoms with Crippen LogP contribution in [-0.4, -0.2) is 17.6 Å². The minimum Gasteiger partial charge on any atom is -0.478 e. The molecule has 0 saturated heterocycles. The molecule has 14 heavy (non-hydrogen) atoms. The van der Waals surface area contributed by atoms with Crippen molar-refractivity contribution in [1.29, 1.82) is 0 Å². The molecule has 1 aromatic carbocycles. The third kappa shape index (κ3) is 1.88. The second kappa shape index (κ2) is 4.15. The summed E-state index contributed by atoms with van der Waals surface area (Å²) in [5.74, 6) is -3.94. The summed E-state index contributed by atoms with van der Waals surface area (Å²) in [6.07, 6.45) is 0.183. The highest BCUT2D eigenvalue weighted by molar-refractivity contribution is 5.88. The van der Waals surface area contributed by atoms with Crippen molar-refractivity contribution in [2.24, 2.45) is 5.73 Å². The Morgan fingerprint density at radius 2 is 2.00 bits per heavy atom. The molecule has 1 aromatic rings. The Morgan fingerprint density at radius 3 is 2.50 bits per heavy atom. The molecule has 0 aromatic heterocycles. The average Bonchev–Trinajstić information content (AvgIpc) is 2.13. The number of nitrogens with two attached hydrogens (primary N) is 1. The molecule has 76 valence electrons. The SMILES string of the molecule is NCCc1ccc(C(=O)O)c(F)c1F. The molecule has 3 nitrogen and oxygen atoms in total. The molecule has 0 radical (unpaired) electrons. The molecule has 0 heterocycles. The van der Waals surface area contributed by atoms with Crippen molar-refractivity contribution in [3.63, 3.8) is 0 Å². The number of hydrogen-bond acceptors (Lipinski definition) is 2. The van der Waals surface area contributed by atoms with E-state index in [9.17, 15) is 13.6 Å². The van der Waals surface area contributed by atoms with Crippen molar-refractivity contribution in [2.75, 3.05) is 6.54 Å². The quantitative estimate of drug-likeness (QED) is 0.771. The van der Waals surface area contributed by atoms with Crippen molar-refractivity contribution >= 4 is 5.97 Å². The summed E-state index contributed by atoms with van der Waals surface area (Å²) in [6.45, 7) is 0.183. The zero-order chi connectivity index (χ0) is 10.7. The first-order valence-electron chi connectivity index (χ1n) is 3.98. The molecule has 5 heteroatoms. The third-order valence-electron chi connectivity index (χ3n) is 1.81. The van der Waals surface area contributed by atoms with Gasteiger partial charge in [-0.05, 0) is 24.6 Å². The van der Waals surface area contributed by atoms with Gasteiger partial charge in [0.25, 0.3) is 0 Å². The maximum atomic E-state index is 13.1. The topological polar surface area (TPSA) is 63.3 Å². The number of aromatic carboxylic acids is 1. The van der Waals surface area contributed by atoms with Crippen LogP contribution in [0.4, 0.5) is 8.78 Å². The Hall–Kier alpha value is -1.49. The smallest absolute Gasteiger partial charge is 0.338 e. The zero-order valence-corrected chi connectivity index (χ0v) is 7.26. The van der Waals surface area contributed by atoms with Crippen LogP contribution in [0.1, 0.15) is 15.9 Å². The summed E-state index contributed by atoms with van der Waals surface area (Å²) in [7, 11) is 0. The highest BCUT2D eigenvalue weighted by atomic mass is 19.2. The van der Waals surface area contributed by atoms with E-state index in [-0.39, 0.29) is 18.5 Å². The second-order valence-corrected chi connectivity index (χ2v) is 2.74. The van der Waals surface area contributed by atoms with Gasteiger partial charge in [0.15, 0.2) is 11.6 Å². The third-order valence-corrected chi connectivity index (χ3v) is 1.81. The Morgan fingerprint density at radius 1 is 1.36 bits per heavy atom. The van der Waals surface area contributed by atoms with Gasteiger partial charge < -0.3 is 10.8 Å². The van der Waals surface area contributed by atoms with Gasteiger partial charge in [0.1, 0.15) is 0 Å². The molecular weight excluding hydrogens is 192 g/mol. The van der Waals surface area contributed by atoms with E-state index in [0.29, 0.717) is 0 Å². The van der Waals surface area contributed by atoms with Gasteiger partial charge in [-0.1, -0.05) is 6.07 Å². The summed E-state index contributed by atoms with van der Waals surface area (Å²) < 4.78 is 26.2. The van der Waals surface area contributed by atoms with E-state index in [1.807, 2.05) is 0 Å². The monoisotopic (exact) mass is 201 g/mol. The number of hydrogen-bond donors (Lipinski definition) is 2. The molecule has 0 atom stereocenters. The Kier molecular flexibility index (Phi) is 3.14. The minimum absolute atomic E-state index is 0.0926. The highest BCUT2D eigenvalue weighted by Crippen LogP contribution is 2.16. The van der Waals surface area contributed by atoms with Gasteiger partial charge in [-0.3, -0.25) is 0 Å². The maximum Gasteiger partial charge on any atom is 0.338 e. The van der Waals surface area contributed by atoms with E-state index in [1.165, 1.54) is 6.07 Å². The number of carbonyl (C=O) groups is 1. The van der Waals surface area contributed by atoms with E-state index in [4.69, 9.17) is 10.8 Å². The maximum absolute atomic E-state index is 13.1. The van der Waals surface area contributed by atoms with Crippen LogP contribution in [0, 0.1) is 11.6 Å². The van der Waals surface area contributed by atoms with E-state index < -0.39 is 23.2 Å². The summed E-state index contributed by atoms with van der Waals surface area (Å²) in [5, 5.41) is 8.48. The van der Waals surface area contributed by atoms with Gasteiger partial charge in [-0.25, -0.2) is 13.6 Å². The van der Waals surface area contributed by atoms with E-state index >= 15 is 0 Å². The van der Waals surface area contributed by atoms with Gasteiger partial charge in [0.2, 0.25) is 0 Å². The predicted octanol–water partition coefficient (Wildman–Crippen LogP) is 1.16. The van der Waals surface area contributed by atoms with Crippen molar-refractivity contribution in [3.8, 4) is 0 Å². The predicted molar refractivity (Wildman–Crippen MR) is 46.1 cm³/mol. The van der Waals surface area contributed by atoms with Crippen LogP contribution in [0.15, 0.2) is 12.1 Å².